The van der Waals surface area contributed by atoms with E-state index in [0.717, 1.165) is 127 Å². The molecule has 4 unspecified atom stereocenters. The molecule has 1 aromatic rings. The number of nitrogens with zero attached hydrogens (tertiary/aromatic N) is 5. The van der Waals surface area contributed by atoms with E-state index in [0.29, 0.717) is 36.8 Å². The lowest BCUT2D eigenvalue weighted by atomic mass is 9.49. The fourth-order valence-electron chi connectivity index (χ4n) is 7.82. The average molecular weight is 1460 g/mol. The molecule has 40 heteroatoms. The van der Waals surface area contributed by atoms with Gasteiger partial charge < -0.3 is 33.4 Å². The second kappa shape index (κ2) is 38.8. The first kappa shape index (κ1) is 89.3. The van der Waals surface area contributed by atoms with E-state index in [9.17, 15) is 69.6 Å². The number of hydrogen-bond acceptors (Lipinski definition) is 18. The summed E-state index contributed by atoms with van der Waals surface area (Å²) >= 11 is 0. The van der Waals surface area contributed by atoms with Gasteiger partial charge in [-0.25, -0.2) is 0 Å². The Labute approximate surface area is 560 Å². The monoisotopic (exact) mass is 1460 g/mol. The van der Waals surface area contributed by atoms with Crippen molar-refractivity contribution in [2.24, 2.45) is 0 Å². The molecule has 4 atom stereocenters. The Morgan fingerprint density at radius 2 is 0.957 bits per heavy atom. The zero-order chi connectivity index (χ0) is 70.5. The number of sulfonamides is 2. The topological polar surface area (TPSA) is 206 Å². The molecule has 0 amide bonds. The van der Waals surface area contributed by atoms with Crippen LogP contribution in [0.25, 0.3) is 0 Å². The molecule has 4 fully saturated rings. The van der Waals surface area contributed by atoms with Crippen molar-refractivity contribution in [3.8, 4) is 0 Å². The summed E-state index contributed by atoms with van der Waals surface area (Å²) in [6.07, 6.45) is 14.8. The van der Waals surface area contributed by atoms with E-state index >= 15 is 0 Å². The summed E-state index contributed by atoms with van der Waals surface area (Å²) in [5, 5.41) is 6.39. The minimum Gasteiger partial charge on any atom is -0.405 e. The summed E-state index contributed by atoms with van der Waals surface area (Å²) in [6, 6.07) is 3.85. The third-order valence-corrected chi connectivity index (χ3v) is 21.6. The number of Topliss-reactive ketones (excluding diaryl/α,β-unsaturated/α-hetero) is 1. The molecule has 2 N–H and O–H groups in total. The average Bonchev–Trinajstić information content (AvgIpc) is 1.62. The smallest absolute Gasteiger partial charge is 0.405 e. The highest BCUT2D eigenvalue weighted by atomic mass is 32.3. The van der Waals surface area contributed by atoms with Crippen LogP contribution >= 0.6 is 37.6 Å². The van der Waals surface area contributed by atoms with Gasteiger partial charge >= 0.3 is 60.7 Å². The van der Waals surface area contributed by atoms with E-state index in [4.69, 9.17) is 42.2 Å². The van der Waals surface area contributed by atoms with Crippen LogP contribution in [0.4, 0.5) is 45.2 Å². The van der Waals surface area contributed by atoms with Crippen LogP contribution in [0.3, 0.4) is 0 Å². The zero-order valence-corrected chi connectivity index (χ0v) is 60.4. The number of ketones is 1. The third-order valence-electron chi connectivity index (χ3n) is 15.0. The molecular weight excluding hydrogens is 1370 g/mol. The van der Waals surface area contributed by atoms with Gasteiger partial charge in [0.2, 0.25) is 0 Å². The molecule has 8 aliphatic heterocycles. The van der Waals surface area contributed by atoms with E-state index in [1.165, 1.54) is 24.6 Å². The van der Waals surface area contributed by atoms with Crippen LogP contribution in [0.5, 0.6) is 0 Å². The number of piperidine rings is 2. The maximum atomic E-state index is 12.4. The zero-order valence-electron chi connectivity index (χ0n) is 53.4. The highest BCUT2D eigenvalue weighted by Gasteiger charge is 2.64. The summed E-state index contributed by atoms with van der Waals surface area (Å²) in [5.41, 5.74) is -17.0. The van der Waals surface area contributed by atoms with Gasteiger partial charge in [0.25, 0.3) is 0 Å². The molecule has 0 spiro atoms. The molecule has 6 radical (unpaired) electrons. The van der Waals surface area contributed by atoms with Gasteiger partial charge in [0, 0.05) is 78.2 Å². The van der Waals surface area contributed by atoms with Gasteiger partial charge in [-0.1, -0.05) is 92.8 Å². The van der Waals surface area contributed by atoms with Crippen molar-refractivity contribution >= 4 is 117 Å². The lowest BCUT2D eigenvalue weighted by molar-refractivity contribution is -0.120. The van der Waals surface area contributed by atoms with Gasteiger partial charge in [-0.05, 0) is 132 Å². The van der Waals surface area contributed by atoms with Crippen LogP contribution in [-0.4, -0.2) is 205 Å². The molecule has 93 heavy (non-hydrogen) atoms. The highest BCUT2D eigenvalue weighted by molar-refractivity contribution is 8.11. The Balaban J connectivity index is 0.000000550. The van der Waals surface area contributed by atoms with Crippen LogP contribution in [0, 0.1) is 0 Å². The Kier molecular flexibility index (Phi) is 37.2. The third kappa shape index (κ3) is 30.4. The van der Waals surface area contributed by atoms with E-state index in [1.807, 2.05) is 61.5 Å². The van der Waals surface area contributed by atoms with Crippen molar-refractivity contribution in [1.82, 2.24) is 29.3 Å². The minimum atomic E-state index is -6.81. The summed E-state index contributed by atoms with van der Waals surface area (Å²) in [4.78, 5) is 10.6. The van der Waals surface area contributed by atoms with Crippen LogP contribution in [0.15, 0.2) is 76.9 Å². The van der Waals surface area contributed by atoms with Gasteiger partial charge in [0.1, 0.15) is 27.2 Å². The Morgan fingerprint density at radius 3 is 1.24 bits per heavy atom. The number of anilines is 1. The van der Waals surface area contributed by atoms with E-state index < -0.39 is 70.1 Å². The molecule has 19 nitrogen and oxygen atoms in total. The van der Waals surface area contributed by atoms with Crippen LogP contribution in [0.1, 0.15) is 121 Å². The number of carbonyl (C=O) groups is 1. The maximum absolute atomic E-state index is 12.4. The van der Waals surface area contributed by atoms with Gasteiger partial charge in [0.05, 0.1) is 35.9 Å². The molecule has 0 saturated carbocycles. The fourth-order valence-corrected chi connectivity index (χ4v) is 12.0. The number of para-hydroxylation sites is 1. The molecule has 526 valence electrons. The maximum Gasteiger partial charge on any atom is 0.534 e. The Hall–Kier alpha value is -1.69. The molecular formula is C53H91B5F9N7O12P4S3. The number of rotatable bonds is 6. The molecule has 9 rings (SSSR count). The number of hydrogen-bond donors (Lipinski definition) is 2. The van der Waals surface area contributed by atoms with Crippen molar-refractivity contribution in [2.45, 2.75) is 166 Å². The largest absolute Gasteiger partial charge is 0.534 e. The Bertz CT molecular complexity index is 2820. The lowest BCUT2D eigenvalue weighted by Gasteiger charge is -2.32. The van der Waals surface area contributed by atoms with E-state index in [2.05, 4.69) is 85.5 Å². The van der Waals surface area contributed by atoms with Gasteiger partial charge in [-0.2, -0.15) is 64.8 Å². The minimum absolute atomic E-state index is 0. The molecule has 0 aliphatic carbocycles. The molecule has 8 aliphatic rings. The Morgan fingerprint density at radius 1 is 0.559 bits per heavy atom. The number of alkyl halides is 9. The van der Waals surface area contributed by atoms with Crippen LogP contribution < -0.4 is 14.3 Å². The standard InChI is InChI=1S/C12H24B2O4.C8H5F6NO4S2.C6H9F3NO3PS.C6H12NP.C5H9BNP.C5H10BN.C5H8BN.C5H10NOP.CH4/c1-9(2)10(3,4)16-13(15-9)14-17-11(5,6)12(7,8)18-14;9-7(10,11)20(16,17)15(6-4-2-1-3-5-6)21(18,19)8(12,13)14;7-6(8,9)15(11,12)13-5-1-3-10(14)4-2-5;1-6-2-4-7(8)5-3-6;6-5-1-3-7(8)4-2-5;2*6-5-1-3-7-4-2-5;7-5-1-3-6(8)4-2-5;/h1-8H3;1-5H;1H,2-4,14H2;2H,3-5,8H2,1H3;1H,2-4,8H2;5,7H,1-4H2;1,7H,2-4H2;1-4,8H2;1H4. The first-order valence-corrected chi connectivity index (χ1v) is 35.4. The number of halogens is 9. The summed E-state index contributed by atoms with van der Waals surface area (Å²) in [7, 11) is 6.83. The van der Waals surface area contributed by atoms with Crippen molar-refractivity contribution in [3.63, 3.8) is 0 Å². The molecule has 8 heterocycles. The van der Waals surface area contributed by atoms with Gasteiger partial charge in [-0.15, -0.1) is 14.7 Å². The second-order valence-corrected chi connectivity index (χ2v) is 32.0. The summed E-state index contributed by atoms with van der Waals surface area (Å²) in [6.45, 7) is 29.6. The van der Waals surface area contributed by atoms with Crippen molar-refractivity contribution in [1.29, 1.82) is 0 Å². The molecule has 4 saturated heterocycles. The van der Waals surface area contributed by atoms with Crippen LogP contribution in [-0.2, 0) is 57.8 Å². The fraction of sp³-hybridized carbons (Fsp3) is 0.717. The van der Waals surface area contributed by atoms with Crippen LogP contribution in [0.2, 0.25) is 5.82 Å². The predicted octanol–water partition coefficient (Wildman–Crippen LogP) is 9.07. The van der Waals surface area contributed by atoms with E-state index in [1.54, 1.807) is 4.67 Å². The normalized spacial score (nSPS) is 22.1. The van der Waals surface area contributed by atoms with Crippen molar-refractivity contribution < 1.29 is 92.4 Å². The van der Waals surface area contributed by atoms with Gasteiger partial charge in [-0.3, -0.25) is 23.5 Å². The summed E-state index contributed by atoms with van der Waals surface area (Å²) < 4.78 is 211. The number of benzene rings is 1. The van der Waals surface area contributed by atoms with E-state index in [-0.39, 0.29) is 42.0 Å². The van der Waals surface area contributed by atoms with Crippen molar-refractivity contribution in [3.05, 3.63) is 76.9 Å². The number of nitrogens with one attached hydrogen (secondary N) is 2. The number of carbonyl (C=O) groups excluding carboxylic acids is 1. The molecule has 1 aromatic carbocycles. The highest BCUT2D eigenvalue weighted by Crippen LogP contribution is 2.43. The van der Waals surface area contributed by atoms with Crippen molar-refractivity contribution in [2.75, 3.05) is 82.2 Å². The SMILES string of the molecule is C.CC1(C)OB(B2OC(C)(C)C(C)(C)O2)OC1(C)C.CC1=CCN(P)CC1.O=C1CCN(P)CC1.O=S(=O)(N(c1ccccc1)S(=O)(=O)C(F)(F)F)C(F)(F)F.O=S(=O)(OC1=CCN(P)CC1)C(F)(F)F.[B]C1=CCN(P)CC1.[B]C1=CCNCC1.[B]C1CCNCC1. The predicted molar refractivity (Wildman–Crippen MR) is 366 cm³/mol. The second-order valence-electron chi connectivity index (χ2n) is 23.8. The quantitative estimate of drug-likeness (QED) is 0.0680. The lowest BCUT2D eigenvalue weighted by Crippen LogP contribution is -2.49. The molecule has 0 aromatic heterocycles. The summed E-state index contributed by atoms with van der Waals surface area (Å²) in [5.74, 6) is 0.718. The first-order valence-electron chi connectivity index (χ1n) is 29.1. The first-order chi connectivity index (χ1) is 42.0. The van der Waals surface area contributed by atoms with Gasteiger partial charge in [0.15, 0.2) is 0 Å². The molecule has 0 bridgehead atoms.